The molecule has 0 radical (unpaired) electrons. The van der Waals surface area contributed by atoms with Crippen molar-refractivity contribution in [2.75, 3.05) is 6.61 Å². The lowest BCUT2D eigenvalue weighted by molar-refractivity contribution is -0.142. The van der Waals surface area contributed by atoms with Crippen LogP contribution in [0.1, 0.15) is 38.3 Å². The summed E-state index contributed by atoms with van der Waals surface area (Å²) in [5, 5.41) is 39.5. The predicted molar refractivity (Wildman–Crippen MR) is 169 cm³/mol. The largest absolute Gasteiger partial charge is 0.508 e. The van der Waals surface area contributed by atoms with E-state index in [1.54, 1.807) is 25.3 Å². The molecule has 0 aliphatic rings. The number of aromatic nitrogens is 1. The first-order valence-electron chi connectivity index (χ1n) is 15.0. The maximum Gasteiger partial charge on any atom is 0.325 e. The minimum atomic E-state index is -1.30. The lowest BCUT2D eigenvalue weighted by atomic mass is 9.96. The number of para-hydroxylation sites is 1. The highest BCUT2D eigenvalue weighted by atomic mass is 16.4. The average molecular weight is 639 g/mol. The zero-order valence-corrected chi connectivity index (χ0v) is 25.9. The topological polar surface area (TPSA) is 236 Å². The van der Waals surface area contributed by atoms with Gasteiger partial charge in [-0.05, 0) is 42.2 Å². The number of hydrogen-bond acceptors (Lipinski definition) is 8. The molecule has 3 aromatic rings. The van der Waals surface area contributed by atoms with Gasteiger partial charge in [0.25, 0.3) is 0 Å². The number of nitrogens with two attached hydrogens (primary N) is 1. The van der Waals surface area contributed by atoms with Crippen molar-refractivity contribution >= 4 is 40.5 Å². The minimum Gasteiger partial charge on any atom is -0.508 e. The number of aromatic hydroxyl groups is 1. The van der Waals surface area contributed by atoms with Crippen LogP contribution < -0.4 is 27.0 Å². The molecule has 0 aliphatic heterocycles. The quantitative estimate of drug-likeness (QED) is 0.103. The fourth-order valence-corrected chi connectivity index (χ4v) is 4.76. The van der Waals surface area contributed by atoms with Crippen LogP contribution in [0, 0.1) is 5.92 Å². The van der Waals surface area contributed by atoms with E-state index < -0.39 is 72.3 Å². The summed E-state index contributed by atoms with van der Waals surface area (Å²) < 4.78 is 0. The third-order valence-electron chi connectivity index (χ3n) is 7.80. The number of aliphatic hydroxyl groups is 1. The van der Waals surface area contributed by atoms with Crippen LogP contribution in [0.15, 0.2) is 54.7 Å². The second-order valence-corrected chi connectivity index (χ2v) is 11.3. The van der Waals surface area contributed by atoms with Gasteiger partial charge in [0, 0.05) is 29.9 Å². The van der Waals surface area contributed by atoms with Crippen molar-refractivity contribution in [1.82, 2.24) is 26.3 Å². The number of benzene rings is 2. The molecule has 46 heavy (non-hydrogen) atoms. The van der Waals surface area contributed by atoms with E-state index in [9.17, 15) is 39.3 Å². The molecule has 0 spiro atoms. The monoisotopic (exact) mass is 638 g/mol. The van der Waals surface area contributed by atoms with Gasteiger partial charge < -0.3 is 47.3 Å². The van der Waals surface area contributed by atoms with Crippen LogP contribution >= 0.6 is 0 Å². The van der Waals surface area contributed by atoms with E-state index in [0.29, 0.717) is 17.5 Å². The number of nitrogens with one attached hydrogen (secondary N) is 5. The molecule has 0 unspecified atom stereocenters. The lowest BCUT2D eigenvalue weighted by Crippen LogP contribution is -2.60. The number of phenolic OH excluding ortho intramolecular Hbond substituents is 1. The summed E-state index contributed by atoms with van der Waals surface area (Å²) in [7, 11) is 0. The van der Waals surface area contributed by atoms with Gasteiger partial charge in [-0.25, -0.2) is 0 Å². The van der Waals surface area contributed by atoms with Gasteiger partial charge >= 0.3 is 5.97 Å². The number of carbonyl (C=O) groups excluding carboxylic acids is 4. The van der Waals surface area contributed by atoms with Crippen LogP contribution in [0.3, 0.4) is 0 Å². The van der Waals surface area contributed by atoms with E-state index in [1.165, 1.54) is 19.1 Å². The van der Waals surface area contributed by atoms with Crippen molar-refractivity contribution in [3.8, 4) is 5.75 Å². The Hall–Kier alpha value is -4.95. The Morgan fingerprint density at radius 1 is 0.826 bits per heavy atom. The first kappa shape index (κ1) is 35.5. The van der Waals surface area contributed by atoms with Crippen molar-refractivity contribution in [1.29, 1.82) is 0 Å². The molecule has 14 heteroatoms. The molecule has 0 saturated carbocycles. The fourth-order valence-electron chi connectivity index (χ4n) is 4.76. The second kappa shape index (κ2) is 16.4. The molecule has 0 bridgehead atoms. The molecule has 0 aliphatic carbocycles. The number of carboxylic acids is 1. The van der Waals surface area contributed by atoms with Crippen LogP contribution in [-0.4, -0.2) is 86.7 Å². The van der Waals surface area contributed by atoms with E-state index in [4.69, 9.17) is 5.73 Å². The average Bonchev–Trinajstić information content (AvgIpc) is 3.45. The summed E-state index contributed by atoms with van der Waals surface area (Å²) in [6.45, 7) is 4.19. The molecule has 2 aromatic carbocycles. The SMILES string of the molecule is CC[C@H](C)[C@H](NC(=O)[C@H](Cc1c[nH]c2ccccc12)NC(=O)[C@H](Cc1ccc(O)cc1)NC(=O)[C@@H](N)CO)C(=O)N[C@@H](C)C(=O)O. The second-order valence-electron chi connectivity index (χ2n) is 11.3. The summed E-state index contributed by atoms with van der Waals surface area (Å²) in [5.74, 6) is -4.56. The van der Waals surface area contributed by atoms with E-state index in [-0.39, 0.29) is 18.6 Å². The smallest absolute Gasteiger partial charge is 0.325 e. The first-order valence-corrected chi connectivity index (χ1v) is 15.0. The molecule has 0 fully saturated rings. The number of amides is 4. The Kier molecular flexibility index (Phi) is 12.7. The number of carbonyl (C=O) groups is 5. The number of phenols is 1. The molecule has 3 rings (SSSR count). The van der Waals surface area contributed by atoms with Crippen LogP contribution in [-0.2, 0) is 36.8 Å². The highest BCUT2D eigenvalue weighted by molar-refractivity contribution is 5.96. The van der Waals surface area contributed by atoms with Crippen molar-refractivity contribution in [2.24, 2.45) is 11.7 Å². The zero-order valence-electron chi connectivity index (χ0n) is 25.9. The van der Waals surface area contributed by atoms with Crippen LogP contribution in [0.25, 0.3) is 10.9 Å². The molecular weight excluding hydrogens is 596 g/mol. The number of aromatic amines is 1. The summed E-state index contributed by atoms with van der Waals surface area (Å²) >= 11 is 0. The summed E-state index contributed by atoms with van der Waals surface area (Å²) in [6, 6.07) is 7.25. The van der Waals surface area contributed by atoms with Gasteiger partial charge in [-0.2, -0.15) is 0 Å². The van der Waals surface area contributed by atoms with Crippen molar-refractivity contribution in [3.05, 3.63) is 65.9 Å². The number of hydrogen-bond donors (Lipinski definition) is 9. The van der Waals surface area contributed by atoms with Gasteiger partial charge in [0.15, 0.2) is 0 Å². The lowest BCUT2D eigenvalue weighted by Gasteiger charge is -2.28. The Bertz CT molecular complexity index is 1520. The van der Waals surface area contributed by atoms with Crippen LogP contribution in [0.2, 0.25) is 0 Å². The molecule has 1 aromatic heterocycles. The molecular formula is C32H42N6O8. The molecule has 10 N–H and O–H groups in total. The Balaban J connectivity index is 1.94. The van der Waals surface area contributed by atoms with Gasteiger partial charge in [-0.3, -0.25) is 24.0 Å². The molecule has 6 atom stereocenters. The number of H-pyrrole nitrogens is 1. The number of fused-ring (bicyclic) bond motifs is 1. The number of rotatable bonds is 16. The molecule has 4 amide bonds. The molecule has 1 heterocycles. The maximum absolute atomic E-state index is 13.9. The van der Waals surface area contributed by atoms with Gasteiger partial charge in [-0.1, -0.05) is 50.6 Å². The highest BCUT2D eigenvalue weighted by Crippen LogP contribution is 2.20. The third kappa shape index (κ3) is 9.52. The molecule has 14 nitrogen and oxygen atoms in total. The van der Waals surface area contributed by atoms with Gasteiger partial charge in [0.05, 0.1) is 6.61 Å². The van der Waals surface area contributed by atoms with E-state index in [1.807, 2.05) is 31.2 Å². The van der Waals surface area contributed by atoms with Crippen molar-refractivity contribution in [2.45, 2.75) is 70.2 Å². The van der Waals surface area contributed by atoms with E-state index in [0.717, 1.165) is 10.9 Å². The Labute approximate surface area is 266 Å². The fraction of sp³-hybridized carbons (Fsp3) is 0.406. The highest BCUT2D eigenvalue weighted by Gasteiger charge is 2.33. The summed E-state index contributed by atoms with van der Waals surface area (Å²) in [4.78, 5) is 67.9. The van der Waals surface area contributed by atoms with E-state index in [2.05, 4.69) is 26.3 Å². The minimum absolute atomic E-state index is 0.00199. The number of aliphatic hydroxyl groups excluding tert-OH is 1. The molecule has 0 saturated heterocycles. The Morgan fingerprint density at radius 3 is 2.07 bits per heavy atom. The molecule has 248 valence electrons. The first-order chi connectivity index (χ1) is 21.8. The summed E-state index contributed by atoms with van der Waals surface area (Å²) in [5.41, 5.74) is 7.76. The maximum atomic E-state index is 13.9. The van der Waals surface area contributed by atoms with Gasteiger partial charge in [0.1, 0.15) is 36.0 Å². The van der Waals surface area contributed by atoms with Crippen LogP contribution in [0.4, 0.5) is 0 Å². The zero-order chi connectivity index (χ0) is 34.0. The predicted octanol–water partition coefficient (Wildman–Crippen LogP) is 0.0681. The van der Waals surface area contributed by atoms with E-state index >= 15 is 0 Å². The normalized spacial score (nSPS) is 15.1. The summed E-state index contributed by atoms with van der Waals surface area (Å²) in [6.07, 6.45) is 2.14. The van der Waals surface area contributed by atoms with Crippen LogP contribution in [0.5, 0.6) is 5.75 Å². The third-order valence-corrected chi connectivity index (χ3v) is 7.80. The van der Waals surface area contributed by atoms with Gasteiger partial charge in [0.2, 0.25) is 23.6 Å². The standard InChI is InChI=1S/C32H42N6O8/c1-4-17(2)27(31(44)35-18(3)32(45)46)38-30(43)26(14-20-15-34-24-8-6-5-7-22(20)24)37-29(42)25(36-28(41)23(33)16-39)13-19-9-11-21(40)12-10-19/h5-12,15,17-18,23,25-27,34,39-40H,4,13-14,16,33H2,1-3H3,(H,35,44)(H,36,41)(H,37,42)(H,38,43)(H,45,46)/t17-,18-,23-,25-,26-,27-/m0/s1. The number of carboxylic acid groups (broad SMARTS) is 1. The van der Waals surface area contributed by atoms with Crippen molar-refractivity contribution in [3.63, 3.8) is 0 Å². The van der Waals surface area contributed by atoms with Crippen molar-refractivity contribution < 1.29 is 39.3 Å². The number of aliphatic carboxylic acids is 1. The van der Waals surface area contributed by atoms with Gasteiger partial charge in [-0.15, -0.1) is 0 Å². The Morgan fingerprint density at radius 2 is 1.43 bits per heavy atom.